The topological polar surface area (TPSA) is 122 Å². The lowest BCUT2D eigenvalue weighted by Gasteiger charge is -2.25. The number of hydrogen-bond acceptors (Lipinski definition) is 5. The van der Waals surface area contributed by atoms with E-state index in [0.29, 0.717) is 11.5 Å². The number of nitrogens with one attached hydrogen (secondary N) is 3. The molecule has 0 bridgehead atoms. The number of amides is 1. The fourth-order valence-electron chi connectivity index (χ4n) is 3.43. The van der Waals surface area contributed by atoms with Crippen LogP contribution in [0.4, 0.5) is 5.82 Å². The van der Waals surface area contributed by atoms with E-state index >= 15 is 0 Å². The highest BCUT2D eigenvalue weighted by molar-refractivity contribution is 5.95. The molecule has 1 atom stereocenters. The fraction of sp³-hybridized carbons (Fsp3) is 0.529. The highest BCUT2D eigenvalue weighted by Crippen LogP contribution is 2.38. The van der Waals surface area contributed by atoms with Gasteiger partial charge in [0.25, 0.3) is 0 Å². The summed E-state index contributed by atoms with van der Waals surface area (Å²) in [6, 6.07) is 0.160. The van der Waals surface area contributed by atoms with Gasteiger partial charge in [-0.25, -0.2) is 14.3 Å². The minimum Gasteiger partial charge on any atom is -0.461 e. The standard InChI is InChI=1S/C17H23N5O4/c1-4-9(5-2)22-15-11(8-18-22)10(7-12(23)19-15)13-14(16(24)26-6-3)21-17(25)20-13/h8-10H,4-7H2,1-3H3,(H,19,23)(H2,20,21,25)/t10-/m0/s1. The van der Waals surface area contributed by atoms with Gasteiger partial charge >= 0.3 is 11.7 Å². The maximum atomic E-state index is 12.3. The molecule has 0 saturated carbocycles. The lowest BCUT2D eigenvalue weighted by atomic mass is 9.90. The molecular formula is C17H23N5O4. The highest BCUT2D eigenvalue weighted by Gasteiger charge is 2.35. The number of esters is 1. The van der Waals surface area contributed by atoms with Crippen LogP contribution in [0.15, 0.2) is 11.0 Å². The molecule has 1 amide bonds. The number of hydrogen-bond donors (Lipinski definition) is 3. The second-order valence-electron chi connectivity index (χ2n) is 6.26. The van der Waals surface area contributed by atoms with Gasteiger partial charge in [-0.2, -0.15) is 5.10 Å². The van der Waals surface area contributed by atoms with E-state index in [1.165, 1.54) is 0 Å². The van der Waals surface area contributed by atoms with Gasteiger partial charge in [0.2, 0.25) is 5.91 Å². The maximum Gasteiger partial charge on any atom is 0.356 e. The first-order chi connectivity index (χ1) is 12.5. The van der Waals surface area contributed by atoms with Crippen molar-refractivity contribution >= 4 is 17.7 Å². The van der Waals surface area contributed by atoms with E-state index in [2.05, 4.69) is 34.2 Å². The molecule has 2 aromatic rings. The molecule has 0 saturated heterocycles. The van der Waals surface area contributed by atoms with E-state index < -0.39 is 17.6 Å². The number of aromatic nitrogens is 4. The Kier molecular flexibility index (Phi) is 4.97. The second-order valence-corrected chi connectivity index (χ2v) is 6.26. The predicted molar refractivity (Wildman–Crippen MR) is 94.3 cm³/mol. The summed E-state index contributed by atoms with van der Waals surface area (Å²) in [5, 5.41) is 7.33. The maximum absolute atomic E-state index is 12.3. The van der Waals surface area contributed by atoms with Crippen molar-refractivity contribution in [2.45, 2.75) is 52.0 Å². The molecule has 9 heteroatoms. The van der Waals surface area contributed by atoms with Crippen molar-refractivity contribution in [3.05, 3.63) is 33.6 Å². The van der Waals surface area contributed by atoms with Gasteiger partial charge in [-0.1, -0.05) is 13.8 Å². The fourth-order valence-corrected chi connectivity index (χ4v) is 3.43. The van der Waals surface area contributed by atoms with Gasteiger partial charge in [-0.05, 0) is 19.8 Å². The smallest absolute Gasteiger partial charge is 0.356 e. The zero-order chi connectivity index (χ0) is 18.8. The largest absolute Gasteiger partial charge is 0.461 e. The third-order valence-corrected chi connectivity index (χ3v) is 4.72. The summed E-state index contributed by atoms with van der Waals surface area (Å²) in [7, 11) is 0. The van der Waals surface area contributed by atoms with Gasteiger partial charge in [-0.15, -0.1) is 0 Å². The molecule has 26 heavy (non-hydrogen) atoms. The molecule has 0 unspecified atom stereocenters. The van der Waals surface area contributed by atoms with Crippen molar-refractivity contribution in [1.82, 2.24) is 19.7 Å². The predicted octanol–water partition coefficient (Wildman–Crippen LogP) is 1.91. The number of H-pyrrole nitrogens is 2. The average molecular weight is 361 g/mol. The normalized spacial score (nSPS) is 16.5. The van der Waals surface area contributed by atoms with Gasteiger partial charge in [0.1, 0.15) is 11.5 Å². The SMILES string of the molecule is CCOC(=O)c1[nH]c(=O)[nH]c1[C@H]1CC(=O)Nc2c1cnn2C(CC)CC. The van der Waals surface area contributed by atoms with E-state index in [4.69, 9.17) is 4.74 Å². The Morgan fingerprint density at radius 1 is 1.31 bits per heavy atom. The van der Waals surface area contributed by atoms with Gasteiger partial charge in [0.15, 0.2) is 0 Å². The summed E-state index contributed by atoms with van der Waals surface area (Å²) >= 11 is 0. The van der Waals surface area contributed by atoms with Gasteiger partial charge in [0.05, 0.1) is 24.5 Å². The van der Waals surface area contributed by atoms with E-state index in [0.717, 1.165) is 18.4 Å². The Morgan fingerprint density at radius 2 is 2.04 bits per heavy atom. The Morgan fingerprint density at radius 3 is 2.69 bits per heavy atom. The van der Waals surface area contributed by atoms with Crippen LogP contribution in [0.1, 0.15) is 73.7 Å². The average Bonchev–Trinajstić information content (AvgIpc) is 3.20. The number of carbonyl (C=O) groups is 2. The van der Waals surface area contributed by atoms with Crippen LogP contribution in [-0.2, 0) is 9.53 Å². The van der Waals surface area contributed by atoms with E-state index in [9.17, 15) is 14.4 Å². The first-order valence-electron chi connectivity index (χ1n) is 8.86. The molecule has 0 aliphatic carbocycles. The molecule has 3 heterocycles. The van der Waals surface area contributed by atoms with Crippen molar-refractivity contribution in [3.63, 3.8) is 0 Å². The van der Waals surface area contributed by atoms with Crippen molar-refractivity contribution in [3.8, 4) is 0 Å². The molecule has 1 aliphatic rings. The zero-order valence-corrected chi connectivity index (χ0v) is 15.1. The molecule has 9 nitrogen and oxygen atoms in total. The Labute approximate surface area is 150 Å². The molecule has 0 spiro atoms. The van der Waals surface area contributed by atoms with E-state index in [-0.39, 0.29) is 30.7 Å². The Bertz CT molecular complexity index is 874. The highest BCUT2D eigenvalue weighted by atomic mass is 16.5. The van der Waals surface area contributed by atoms with Gasteiger partial charge in [-0.3, -0.25) is 9.78 Å². The van der Waals surface area contributed by atoms with Crippen molar-refractivity contribution in [2.24, 2.45) is 0 Å². The molecular weight excluding hydrogens is 338 g/mol. The number of anilines is 1. The molecule has 2 aromatic heterocycles. The van der Waals surface area contributed by atoms with E-state index in [1.54, 1.807) is 13.1 Å². The number of rotatable bonds is 6. The van der Waals surface area contributed by atoms with E-state index in [1.807, 2.05) is 4.68 Å². The van der Waals surface area contributed by atoms with Crippen LogP contribution in [-0.4, -0.2) is 38.2 Å². The van der Waals surface area contributed by atoms with Crippen molar-refractivity contribution in [2.75, 3.05) is 11.9 Å². The number of imidazole rings is 1. The zero-order valence-electron chi connectivity index (χ0n) is 15.1. The Balaban J connectivity index is 2.08. The quantitative estimate of drug-likeness (QED) is 0.679. The summed E-state index contributed by atoms with van der Waals surface area (Å²) in [5.41, 5.74) is 0.673. The van der Waals surface area contributed by atoms with Crippen LogP contribution in [0.3, 0.4) is 0 Å². The summed E-state index contributed by atoms with van der Waals surface area (Å²) in [4.78, 5) is 41.4. The number of aromatic amines is 2. The van der Waals surface area contributed by atoms with Gasteiger partial charge < -0.3 is 15.0 Å². The monoisotopic (exact) mass is 361 g/mol. The van der Waals surface area contributed by atoms with Crippen LogP contribution >= 0.6 is 0 Å². The number of fused-ring (bicyclic) bond motifs is 1. The minimum atomic E-state index is -0.624. The van der Waals surface area contributed by atoms with Crippen LogP contribution < -0.4 is 11.0 Å². The third-order valence-electron chi connectivity index (χ3n) is 4.72. The molecule has 3 rings (SSSR count). The van der Waals surface area contributed by atoms with Gasteiger partial charge in [0, 0.05) is 17.9 Å². The summed E-state index contributed by atoms with van der Waals surface area (Å²) in [6.45, 7) is 6.00. The Hall–Kier alpha value is -2.84. The second kappa shape index (κ2) is 7.19. The summed E-state index contributed by atoms with van der Waals surface area (Å²) in [6.07, 6.45) is 3.56. The number of nitrogens with zero attached hydrogens (tertiary/aromatic N) is 2. The molecule has 3 N–H and O–H groups in total. The lowest BCUT2D eigenvalue weighted by molar-refractivity contribution is -0.116. The number of ether oxygens (including phenoxy) is 1. The molecule has 0 radical (unpaired) electrons. The molecule has 0 aromatic carbocycles. The van der Waals surface area contributed by atoms with Crippen LogP contribution in [0.25, 0.3) is 0 Å². The number of carbonyl (C=O) groups excluding carboxylic acids is 2. The first-order valence-corrected chi connectivity index (χ1v) is 8.86. The van der Waals surface area contributed by atoms with Crippen LogP contribution in [0.2, 0.25) is 0 Å². The van der Waals surface area contributed by atoms with Crippen molar-refractivity contribution in [1.29, 1.82) is 0 Å². The summed E-state index contributed by atoms with van der Waals surface area (Å²) < 4.78 is 6.83. The lowest BCUT2D eigenvalue weighted by Crippen LogP contribution is -2.27. The third kappa shape index (κ3) is 3.04. The molecule has 0 fully saturated rings. The minimum absolute atomic E-state index is 0.0535. The molecule has 1 aliphatic heterocycles. The summed E-state index contributed by atoms with van der Waals surface area (Å²) in [5.74, 6) is -0.662. The first kappa shape index (κ1) is 18.0. The van der Waals surface area contributed by atoms with Crippen LogP contribution in [0.5, 0.6) is 0 Å². The van der Waals surface area contributed by atoms with Crippen LogP contribution in [0, 0.1) is 0 Å². The van der Waals surface area contributed by atoms with Crippen molar-refractivity contribution < 1.29 is 14.3 Å². The molecule has 140 valence electrons.